The minimum absolute atomic E-state index is 0.0600. The van der Waals surface area contributed by atoms with Crippen LogP contribution in [-0.2, 0) is 5.41 Å². The number of hydrogen-bond acceptors (Lipinski definition) is 2. The molecule has 0 heterocycles. The van der Waals surface area contributed by atoms with Gasteiger partial charge in [-0.3, -0.25) is 0 Å². The summed E-state index contributed by atoms with van der Waals surface area (Å²) in [5.74, 6) is 1.34. The summed E-state index contributed by atoms with van der Waals surface area (Å²) < 4.78 is 5.62. The van der Waals surface area contributed by atoms with E-state index in [2.05, 4.69) is 26.0 Å². The van der Waals surface area contributed by atoms with E-state index in [4.69, 9.17) is 22.1 Å². The maximum absolute atomic E-state index is 6.45. The zero-order valence-corrected chi connectivity index (χ0v) is 12.9. The molecule has 2 rings (SSSR count). The van der Waals surface area contributed by atoms with Gasteiger partial charge in [0.05, 0.1) is 7.11 Å². The Kier molecular flexibility index (Phi) is 4.42. The Hall–Kier alpha value is -0.730. The molecule has 106 valence electrons. The van der Waals surface area contributed by atoms with E-state index in [1.165, 1.54) is 18.4 Å². The zero-order chi connectivity index (χ0) is 14.0. The summed E-state index contributed by atoms with van der Waals surface area (Å²) in [5, 5.41) is 0.838. The summed E-state index contributed by atoms with van der Waals surface area (Å²) in [4.78, 5) is 0. The fraction of sp³-hybridized carbons (Fsp3) is 0.625. The lowest BCUT2D eigenvalue weighted by molar-refractivity contribution is 0.377. The van der Waals surface area contributed by atoms with E-state index in [9.17, 15) is 0 Å². The van der Waals surface area contributed by atoms with Crippen molar-refractivity contribution in [3.63, 3.8) is 0 Å². The van der Waals surface area contributed by atoms with Crippen molar-refractivity contribution >= 4 is 11.6 Å². The van der Waals surface area contributed by atoms with E-state index >= 15 is 0 Å². The van der Waals surface area contributed by atoms with Crippen molar-refractivity contribution in [2.24, 2.45) is 5.73 Å². The number of rotatable bonds is 4. The van der Waals surface area contributed by atoms with Gasteiger partial charge in [0.25, 0.3) is 0 Å². The van der Waals surface area contributed by atoms with Gasteiger partial charge in [0.15, 0.2) is 0 Å². The molecule has 3 heteroatoms. The monoisotopic (exact) mass is 281 g/mol. The predicted molar refractivity (Wildman–Crippen MR) is 81.3 cm³/mol. The molecule has 0 atom stereocenters. The Morgan fingerprint density at radius 2 is 1.95 bits per heavy atom. The van der Waals surface area contributed by atoms with Gasteiger partial charge >= 0.3 is 0 Å². The van der Waals surface area contributed by atoms with Crippen LogP contribution in [0.25, 0.3) is 0 Å². The fourth-order valence-electron chi connectivity index (χ4n) is 3.23. The lowest BCUT2D eigenvalue weighted by Gasteiger charge is -2.30. The Balaban J connectivity index is 2.53. The van der Waals surface area contributed by atoms with Crippen LogP contribution in [0.1, 0.15) is 56.6 Å². The summed E-state index contributed by atoms with van der Waals surface area (Å²) in [6.07, 6.45) is 4.75. The Bertz CT molecular complexity index is 450. The molecule has 1 saturated carbocycles. The first kappa shape index (κ1) is 14.7. The summed E-state index contributed by atoms with van der Waals surface area (Å²) in [5.41, 5.74) is 8.48. The number of benzene rings is 1. The van der Waals surface area contributed by atoms with Crippen molar-refractivity contribution in [2.75, 3.05) is 13.7 Å². The molecule has 1 aliphatic rings. The zero-order valence-electron chi connectivity index (χ0n) is 12.1. The number of hydrogen-bond donors (Lipinski definition) is 1. The number of ether oxygens (including phenoxy) is 1. The molecule has 0 amide bonds. The van der Waals surface area contributed by atoms with E-state index in [0.717, 1.165) is 29.2 Å². The van der Waals surface area contributed by atoms with Gasteiger partial charge in [0.1, 0.15) is 5.75 Å². The predicted octanol–water partition coefficient (Wildman–Crippen LogP) is 4.24. The molecular formula is C16H24ClNO. The average molecular weight is 282 g/mol. The summed E-state index contributed by atoms with van der Waals surface area (Å²) in [6.45, 7) is 4.96. The molecule has 0 unspecified atom stereocenters. The van der Waals surface area contributed by atoms with Gasteiger partial charge in [-0.1, -0.05) is 38.3 Å². The normalized spacial score (nSPS) is 18.0. The summed E-state index contributed by atoms with van der Waals surface area (Å²) in [7, 11) is 1.73. The van der Waals surface area contributed by atoms with Gasteiger partial charge in [-0.05, 0) is 36.5 Å². The third-order valence-electron chi connectivity index (χ3n) is 4.46. The van der Waals surface area contributed by atoms with Crippen molar-refractivity contribution in [3.05, 3.63) is 28.3 Å². The van der Waals surface area contributed by atoms with Crippen LogP contribution in [0, 0.1) is 0 Å². The third kappa shape index (κ3) is 2.61. The van der Waals surface area contributed by atoms with E-state index in [0.29, 0.717) is 12.5 Å². The van der Waals surface area contributed by atoms with Crippen LogP contribution in [0.2, 0.25) is 5.02 Å². The van der Waals surface area contributed by atoms with Crippen LogP contribution in [-0.4, -0.2) is 13.7 Å². The molecule has 0 spiro atoms. The van der Waals surface area contributed by atoms with Crippen molar-refractivity contribution in [3.8, 4) is 5.75 Å². The highest BCUT2D eigenvalue weighted by atomic mass is 35.5. The first-order valence-electron chi connectivity index (χ1n) is 7.12. The number of methoxy groups -OCH3 is 1. The van der Waals surface area contributed by atoms with Gasteiger partial charge in [0, 0.05) is 22.5 Å². The maximum atomic E-state index is 6.45. The Morgan fingerprint density at radius 1 is 1.32 bits per heavy atom. The standard InChI is InChI=1S/C16H24ClNO/c1-11(2)12-8-15(19-3)13(9-14(12)17)16(10-18)6-4-5-7-16/h8-9,11H,4-7,10,18H2,1-3H3. The minimum atomic E-state index is 0.0600. The van der Waals surface area contributed by atoms with E-state index in [1.807, 2.05) is 0 Å². The van der Waals surface area contributed by atoms with Gasteiger partial charge < -0.3 is 10.5 Å². The molecule has 2 nitrogen and oxygen atoms in total. The van der Waals surface area contributed by atoms with Crippen LogP contribution >= 0.6 is 11.6 Å². The summed E-state index contributed by atoms with van der Waals surface area (Å²) >= 11 is 6.45. The van der Waals surface area contributed by atoms with E-state index in [1.54, 1.807) is 7.11 Å². The highest BCUT2D eigenvalue weighted by Gasteiger charge is 2.37. The lowest BCUT2D eigenvalue weighted by Crippen LogP contribution is -2.32. The molecule has 1 aliphatic carbocycles. The molecule has 0 aromatic heterocycles. The van der Waals surface area contributed by atoms with Crippen molar-refractivity contribution in [1.82, 2.24) is 0 Å². The largest absolute Gasteiger partial charge is 0.496 e. The Labute approximate surface area is 121 Å². The van der Waals surface area contributed by atoms with Crippen molar-refractivity contribution in [1.29, 1.82) is 0 Å². The SMILES string of the molecule is COc1cc(C(C)C)c(Cl)cc1C1(CN)CCCC1. The highest BCUT2D eigenvalue weighted by Crippen LogP contribution is 2.46. The molecule has 19 heavy (non-hydrogen) atoms. The van der Waals surface area contributed by atoms with Gasteiger partial charge in [-0.25, -0.2) is 0 Å². The fourth-order valence-corrected chi connectivity index (χ4v) is 3.61. The van der Waals surface area contributed by atoms with Crippen LogP contribution in [0.4, 0.5) is 0 Å². The van der Waals surface area contributed by atoms with Gasteiger partial charge in [-0.15, -0.1) is 0 Å². The molecule has 0 radical (unpaired) electrons. The number of halogens is 1. The molecule has 1 fully saturated rings. The second-order valence-electron chi connectivity index (χ2n) is 5.92. The maximum Gasteiger partial charge on any atom is 0.123 e. The summed E-state index contributed by atoms with van der Waals surface area (Å²) in [6, 6.07) is 4.19. The first-order chi connectivity index (χ1) is 9.04. The number of nitrogens with two attached hydrogens (primary N) is 1. The van der Waals surface area contributed by atoms with Crippen LogP contribution in [0.15, 0.2) is 12.1 Å². The molecule has 1 aromatic carbocycles. The van der Waals surface area contributed by atoms with E-state index in [-0.39, 0.29) is 5.41 Å². The molecule has 0 saturated heterocycles. The molecule has 1 aromatic rings. The van der Waals surface area contributed by atoms with Crippen LogP contribution in [0.5, 0.6) is 5.75 Å². The smallest absolute Gasteiger partial charge is 0.123 e. The average Bonchev–Trinajstić information content (AvgIpc) is 2.88. The quantitative estimate of drug-likeness (QED) is 0.896. The van der Waals surface area contributed by atoms with Crippen molar-refractivity contribution < 1.29 is 4.74 Å². The first-order valence-corrected chi connectivity index (χ1v) is 7.50. The second-order valence-corrected chi connectivity index (χ2v) is 6.33. The van der Waals surface area contributed by atoms with Crippen molar-refractivity contribution in [2.45, 2.75) is 50.9 Å². The van der Waals surface area contributed by atoms with Crippen LogP contribution in [0.3, 0.4) is 0 Å². The van der Waals surface area contributed by atoms with Gasteiger partial charge in [0.2, 0.25) is 0 Å². The molecule has 2 N–H and O–H groups in total. The Morgan fingerprint density at radius 3 is 2.42 bits per heavy atom. The molecule has 0 aliphatic heterocycles. The second kappa shape index (κ2) is 5.72. The molecular weight excluding hydrogens is 258 g/mol. The lowest BCUT2D eigenvalue weighted by atomic mass is 9.77. The van der Waals surface area contributed by atoms with E-state index < -0.39 is 0 Å². The third-order valence-corrected chi connectivity index (χ3v) is 4.79. The highest BCUT2D eigenvalue weighted by molar-refractivity contribution is 6.31. The van der Waals surface area contributed by atoms with Gasteiger partial charge in [-0.2, -0.15) is 0 Å². The minimum Gasteiger partial charge on any atom is -0.496 e. The van der Waals surface area contributed by atoms with Crippen LogP contribution < -0.4 is 10.5 Å². The molecule has 0 bridgehead atoms. The topological polar surface area (TPSA) is 35.2 Å².